The number of hydrogen-bond donors (Lipinski definition) is 5. The molecular weight excluding hydrogens is 416 g/mol. The average molecular weight is 449 g/mol. The lowest BCUT2D eigenvalue weighted by Crippen LogP contribution is -2.54. The van der Waals surface area contributed by atoms with Gasteiger partial charge in [-0.15, -0.1) is 0 Å². The Bertz CT molecular complexity index is 828. The molecular formula is C22H32N4O6. The minimum Gasteiger partial charge on any atom is -0.508 e. The summed E-state index contributed by atoms with van der Waals surface area (Å²) >= 11 is 0. The fourth-order valence-electron chi connectivity index (χ4n) is 3.60. The van der Waals surface area contributed by atoms with E-state index < -0.39 is 41.8 Å². The Kier molecular flexibility index (Phi) is 9.01. The summed E-state index contributed by atoms with van der Waals surface area (Å²) in [6, 6.07) is 3.46. The average Bonchev–Trinajstić information content (AvgIpc) is 3.27. The van der Waals surface area contributed by atoms with E-state index in [4.69, 9.17) is 5.73 Å². The van der Waals surface area contributed by atoms with Crippen LogP contribution in [0.3, 0.4) is 0 Å². The van der Waals surface area contributed by atoms with Gasteiger partial charge in [-0.3, -0.25) is 14.4 Å². The lowest BCUT2D eigenvalue weighted by atomic mass is 9.99. The lowest BCUT2D eigenvalue weighted by Gasteiger charge is -2.27. The van der Waals surface area contributed by atoms with Crippen LogP contribution >= 0.6 is 0 Å². The standard InChI is InChI=1S/C22H32N4O6/c1-3-13(2)19(23)20(29)24-12-18(28)25-16(11-14-6-8-15(27)9-7-14)21(30)26-10-4-5-17(26)22(31)32/h6-9,13,16-17,19,27H,3-5,10-12,23H2,1-2H3,(H,24,29)(H,25,28)(H,31,32). The van der Waals surface area contributed by atoms with Gasteiger partial charge in [-0.2, -0.15) is 0 Å². The number of hydrogen-bond acceptors (Lipinski definition) is 6. The topological polar surface area (TPSA) is 162 Å². The highest BCUT2D eigenvalue weighted by molar-refractivity contribution is 5.93. The van der Waals surface area contributed by atoms with Crippen molar-refractivity contribution in [3.63, 3.8) is 0 Å². The molecule has 176 valence electrons. The number of nitrogens with zero attached hydrogens (tertiary/aromatic N) is 1. The third kappa shape index (κ3) is 6.68. The zero-order chi connectivity index (χ0) is 23.8. The number of carbonyl (C=O) groups is 4. The number of carbonyl (C=O) groups excluding carboxylic acids is 3. The molecule has 1 heterocycles. The van der Waals surface area contributed by atoms with Crippen molar-refractivity contribution in [2.24, 2.45) is 11.7 Å². The smallest absolute Gasteiger partial charge is 0.326 e. The zero-order valence-corrected chi connectivity index (χ0v) is 18.4. The van der Waals surface area contributed by atoms with Gasteiger partial charge in [0, 0.05) is 13.0 Å². The van der Waals surface area contributed by atoms with E-state index in [1.165, 1.54) is 17.0 Å². The molecule has 2 rings (SSSR count). The minimum absolute atomic E-state index is 0.0509. The highest BCUT2D eigenvalue weighted by atomic mass is 16.4. The highest BCUT2D eigenvalue weighted by Crippen LogP contribution is 2.20. The van der Waals surface area contributed by atoms with Crippen molar-refractivity contribution in [1.82, 2.24) is 15.5 Å². The highest BCUT2D eigenvalue weighted by Gasteiger charge is 2.37. The van der Waals surface area contributed by atoms with Crippen molar-refractivity contribution in [3.05, 3.63) is 29.8 Å². The summed E-state index contributed by atoms with van der Waals surface area (Å²) in [6.45, 7) is 3.68. The largest absolute Gasteiger partial charge is 0.508 e. The van der Waals surface area contributed by atoms with Crippen molar-refractivity contribution in [3.8, 4) is 5.75 Å². The van der Waals surface area contributed by atoms with Crippen LogP contribution in [0.25, 0.3) is 0 Å². The molecule has 1 aromatic rings. The van der Waals surface area contributed by atoms with Gasteiger partial charge in [0.05, 0.1) is 12.6 Å². The van der Waals surface area contributed by atoms with Crippen LogP contribution in [-0.4, -0.2) is 70.0 Å². The van der Waals surface area contributed by atoms with Crippen LogP contribution in [-0.2, 0) is 25.6 Å². The number of phenols is 1. The molecule has 1 aliphatic rings. The summed E-state index contributed by atoms with van der Waals surface area (Å²) in [5.41, 5.74) is 6.54. The van der Waals surface area contributed by atoms with Gasteiger partial charge in [0.2, 0.25) is 17.7 Å². The third-order valence-electron chi connectivity index (χ3n) is 5.81. The number of carboxylic acid groups (broad SMARTS) is 1. The second-order valence-electron chi connectivity index (χ2n) is 8.15. The molecule has 10 heteroatoms. The van der Waals surface area contributed by atoms with Crippen LogP contribution in [0.15, 0.2) is 24.3 Å². The predicted octanol–water partition coefficient (Wildman–Crippen LogP) is -0.0153. The number of phenolic OH excluding ortho intramolecular Hbond substituents is 1. The van der Waals surface area contributed by atoms with Gasteiger partial charge in [0.15, 0.2) is 0 Å². The van der Waals surface area contributed by atoms with Crippen molar-refractivity contribution in [2.45, 2.75) is 57.7 Å². The Morgan fingerprint density at radius 2 is 1.88 bits per heavy atom. The summed E-state index contributed by atoms with van der Waals surface area (Å²) in [6.07, 6.45) is 1.73. The quantitative estimate of drug-likeness (QED) is 0.336. The molecule has 4 unspecified atom stereocenters. The molecule has 32 heavy (non-hydrogen) atoms. The zero-order valence-electron chi connectivity index (χ0n) is 18.4. The van der Waals surface area contributed by atoms with Crippen LogP contribution in [0.2, 0.25) is 0 Å². The fraction of sp³-hybridized carbons (Fsp3) is 0.545. The Morgan fingerprint density at radius 3 is 2.47 bits per heavy atom. The number of aliphatic carboxylic acids is 1. The first-order valence-electron chi connectivity index (χ1n) is 10.8. The van der Waals surface area contributed by atoms with Crippen molar-refractivity contribution in [1.29, 1.82) is 0 Å². The molecule has 0 radical (unpaired) electrons. The van der Waals surface area contributed by atoms with Crippen molar-refractivity contribution >= 4 is 23.7 Å². The molecule has 1 saturated heterocycles. The number of nitrogens with one attached hydrogen (secondary N) is 2. The van der Waals surface area contributed by atoms with Crippen LogP contribution in [0.1, 0.15) is 38.7 Å². The van der Waals surface area contributed by atoms with E-state index in [0.717, 1.165) is 0 Å². The summed E-state index contributed by atoms with van der Waals surface area (Å²) in [5, 5.41) is 24.0. The number of aromatic hydroxyl groups is 1. The Balaban J connectivity index is 2.09. The van der Waals surface area contributed by atoms with Crippen LogP contribution < -0.4 is 16.4 Å². The normalized spacial score (nSPS) is 18.5. The monoisotopic (exact) mass is 448 g/mol. The summed E-state index contributed by atoms with van der Waals surface area (Å²) in [5.74, 6) is -2.62. The first-order valence-corrected chi connectivity index (χ1v) is 10.8. The van der Waals surface area contributed by atoms with Crippen molar-refractivity contribution in [2.75, 3.05) is 13.1 Å². The van der Waals surface area contributed by atoms with E-state index in [2.05, 4.69) is 10.6 Å². The van der Waals surface area contributed by atoms with E-state index in [0.29, 0.717) is 24.8 Å². The number of rotatable bonds is 10. The van der Waals surface area contributed by atoms with E-state index in [1.54, 1.807) is 12.1 Å². The molecule has 0 aliphatic carbocycles. The summed E-state index contributed by atoms with van der Waals surface area (Å²) < 4.78 is 0. The molecule has 0 bridgehead atoms. The molecule has 1 aromatic carbocycles. The number of carboxylic acids is 1. The Morgan fingerprint density at radius 1 is 1.22 bits per heavy atom. The molecule has 0 spiro atoms. The van der Waals surface area contributed by atoms with Gasteiger partial charge in [-0.1, -0.05) is 32.4 Å². The number of benzene rings is 1. The summed E-state index contributed by atoms with van der Waals surface area (Å²) in [4.78, 5) is 50.6. The van der Waals surface area contributed by atoms with Gasteiger partial charge >= 0.3 is 5.97 Å². The maximum atomic E-state index is 13.1. The maximum absolute atomic E-state index is 13.1. The molecule has 0 saturated carbocycles. The molecule has 10 nitrogen and oxygen atoms in total. The first kappa shape index (κ1) is 25.1. The lowest BCUT2D eigenvalue weighted by molar-refractivity contribution is -0.149. The second kappa shape index (κ2) is 11.5. The van der Waals surface area contributed by atoms with Crippen LogP contribution in [0.4, 0.5) is 0 Å². The molecule has 4 atom stereocenters. The number of likely N-dealkylation sites (tertiary alicyclic amines) is 1. The second-order valence-corrected chi connectivity index (χ2v) is 8.15. The van der Waals surface area contributed by atoms with Crippen LogP contribution in [0.5, 0.6) is 5.75 Å². The molecule has 1 fully saturated rings. The maximum Gasteiger partial charge on any atom is 0.326 e. The van der Waals surface area contributed by atoms with Gasteiger partial charge in [0.1, 0.15) is 17.8 Å². The predicted molar refractivity (Wildman–Crippen MR) is 117 cm³/mol. The number of nitrogens with two attached hydrogens (primary N) is 1. The SMILES string of the molecule is CCC(C)C(N)C(=O)NCC(=O)NC(Cc1ccc(O)cc1)C(=O)N1CCCC1C(=O)O. The fourth-order valence-corrected chi connectivity index (χ4v) is 3.60. The van der Waals surface area contributed by atoms with Gasteiger partial charge in [0.25, 0.3) is 0 Å². The minimum atomic E-state index is -1.09. The molecule has 6 N–H and O–H groups in total. The third-order valence-corrected chi connectivity index (χ3v) is 5.81. The molecule has 0 aromatic heterocycles. The number of amides is 3. The van der Waals surface area contributed by atoms with Gasteiger partial charge in [-0.25, -0.2) is 4.79 Å². The molecule has 3 amide bonds. The summed E-state index contributed by atoms with van der Waals surface area (Å²) in [7, 11) is 0. The Hall–Kier alpha value is -3.14. The van der Waals surface area contributed by atoms with E-state index in [9.17, 15) is 29.4 Å². The van der Waals surface area contributed by atoms with Gasteiger partial charge < -0.3 is 31.5 Å². The van der Waals surface area contributed by atoms with E-state index >= 15 is 0 Å². The van der Waals surface area contributed by atoms with Gasteiger partial charge in [-0.05, 0) is 36.5 Å². The van der Waals surface area contributed by atoms with Crippen LogP contribution in [0, 0.1) is 5.92 Å². The Labute approximate surface area is 187 Å². The van der Waals surface area contributed by atoms with Crippen molar-refractivity contribution < 1.29 is 29.4 Å². The van der Waals surface area contributed by atoms with E-state index in [-0.39, 0.29) is 31.2 Å². The first-order chi connectivity index (χ1) is 15.1. The van der Waals surface area contributed by atoms with E-state index in [1.807, 2.05) is 13.8 Å². The molecule has 1 aliphatic heterocycles.